The van der Waals surface area contributed by atoms with Gasteiger partial charge in [-0.2, -0.15) is 0 Å². The Bertz CT molecular complexity index is 1340. The lowest BCUT2D eigenvalue weighted by atomic mass is 10.1. The minimum atomic E-state index is -3.23. The van der Waals surface area contributed by atoms with Crippen LogP contribution in [0, 0.1) is 0 Å². The Hall–Kier alpha value is -2.74. The number of fused-ring (bicyclic) bond motifs is 1. The number of sulfone groups is 1. The van der Waals surface area contributed by atoms with Crippen LogP contribution < -0.4 is 4.90 Å². The summed E-state index contributed by atoms with van der Waals surface area (Å²) >= 11 is 1.73. The molecule has 3 heterocycles. The molecular formula is C25H25N3O2S2. The highest BCUT2D eigenvalue weighted by atomic mass is 32.2. The highest BCUT2D eigenvalue weighted by molar-refractivity contribution is 7.90. The van der Waals surface area contributed by atoms with E-state index in [0.29, 0.717) is 11.4 Å². The van der Waals surface area contributed by atoms with Crippen LogP contribution in [0.1, 0.15) is 5.56 Å². The molecule has 1 fully saturated rings. The third-order valence-electron chi connectivity index (χ3n) is 5.95. The van der Waals surface area contributed by atoms with E-state index in [-0.39, 0.29) is 0 Å². The van der Waals surface area contributed by atoms with Gasteiger partial charge in [0.25, 0.3) is 0 Å². The molecule has 0 spiro atoms. The Morgan fingerprint density at radius 3 is 2.47 bits per heavy atom. The van der Waals surface area contributed by atoms with E-state index in [4.69, 9.17) is 4.98 Å². The van der Waals surface area contributed by atoms with Crippen molar-refractivity contribution in [1.29, 1.82) is 0 Å². The minimum absolute atomic E-state index is 0.430. The fraction of sp³-hybridized carbons (Fsp3) is 0.240. The lowest BCUT2D eigenvalue weighted by Gasteiger charge is -2.35. The number of benzene rings is 2. The van der Waals surface area contributed by atoms with E-state index in [1.807, 2.05) is 12.1 Å². The highest BCUT2D eigenvalue weighted by Crippen LogP contribution is 2.32. The van der Waals surface area contributed by atoms with Gasteiger partial charge in [-0.05, 0) is 35.2 Å². The van der Waals surface area contributed by atoms with E-state index in [0.717, 1.165) is 48.5 Å². The second-order valence-corrected chi connectivity index (χ2v) is 11.1. The maximum Gasteiger partial charge on any atom is 0.175 e. The molecule has 0 unspecified atom stereocenters. The SMILES string of the molecule is CS(=O)(=O)c1ccccc1CN1CCN(c2ccc3cccc(-c4cccs4)c3n2)CC1. The fourth-order valence-electron chi connectivity index (χ4n) is 4.32. The molecule has 0 radical (unpaired) electrons. The van der Waals surface area contributed by atoms with Crippen molar-refractivity contribution in [2.45, 2.75) is 11.4 Å². The van der Waals surface area contributed by atoms with E-state index in [1.165, 1.54) is 16.7 Å². The zero-order chi connectivity index (χ0) is 22.1. The Labute approximate surface area is 192 Å². The second-order valence-electron chi connectivity index (χ2n) is 8.17. The topological polar surface area (TPSA) is 53.5 Å². The van der Waals surface area contributed by atoms with Crippen molar-refractivity contribution in [2.75, 3.05) is 37.3 Å². The predicted octanol–water partition coefficient (Wildman–Crippen LogP) is 4.69. The Morgan fingerprint density at radius 2 is 1.72 bits per heavy atom. The van der Waals surface area contributed by atoms with Gasteiger partial charge in [0.05, 0.1) is 10.4 Å². The first kappa shape index (κ1) is 21.1. The number of anilines is 1. The number of para-hydroxylation sites is 1. The fourth-order valence-corrected chi connectivity index (χ4v) is 6.00. The molecule has 0 atom stereocenters. The minimum Gasteiger partial charge on any atom is -0.354 e. The standard InChI is InChI=1S/C25H25N3O2S2/c1-32(29,30)23-10-3-2-6-20(23)18-27-13-15-28(16-14-27)24-12-11-19-7-4-8-21(25(19)26-24)22-9-5-17-31-22/h2-12,17H,13-16,18H2,1H3. The molecule has 0 N–H and O–H groups in total. The van der Waals surface area contributed by atoms with E-state index in [1.54, 1.807) is 23.5 Å². The first-order chi connectivity index (χ1) is 15.5. The zero-order valence-corrected chi connectivity index (χ0v) is 19.6. The van der Waals surface area contributed by atoms with Crippen LogP contribution in [0.2, 0.25) is 0 Å². The summed E-state index contributed by atoms with van der Waals surface area (Å²) in [5.41, 5.74) is 3.08. The zero-order valence-electron chi connectivity index (χ0n) is 17.9. The molecule has 0 amide bonds. The molecule has 0 saturated carbocycles. The van der Waals surface area contributed by atoms with Crippen molar-refractivity contribution in [2.24, 2.45) is 0 Å². The van der Waals surface area contributed by atoms with Crippen LogP contribution in [-0.4, -0.2) is 50.7 Å². The summed E-state index contributed by atoms with van der Waals surface area (Å²) in [4.78, 5) is 11.3. The first-order valence-corrected chi connectivity index (χ1v) is 13.4. The first-order valence-electron chi connectivity index (χ1n) is 10.7. The molecule has 1 saturated heterocycles. The van der Waals surface area contributed by atoms with Gasteiger partial charge in [0, 0.05) is 54.8 Å². The van der Waals surface area contributed by atoms with Gasteiger partial charge in [-0.15, -0.1) is 11.3 Å². The molecule has 5 rings (SSSR count). The third-order valence-corrected chi connectivity index (χ3v) is 8.05. The number of pyridine rings is 1. The largest absolute Gasteiger partial charge is 0.354 e. The average molecular weight is 464 g/mol. The maximum atomic E-state index is 12.1. The van der Waals surface area contributed by atoms with E-state index in [2.05, 4.69) is 57.6 Å². The number of rotatable bonds is 5. The van der Waals surface area contributed by atoms with Crippen LogP contribution in [0.5, 0.6) is 0 Å². The van der Waals surface area contributed by atoms with Crippen molar-refractivity contribution in [3.63, 3.8) is 0 Å². The molecule has 0 bridgehead atoms. The molecule has 2 aromatic heterocycles. The summed E-state index contributed by atoms with van der Waals surface area (Å²) in [5.74, 6) is 0.998. The van der Waals surface area contributed by atoms with Crippen molar-refractivity contribution in [1.82, 2.24) is 9.88 Å². The number of piperazine rings is 1. The van der Waals surface area contributed by atoms with Crippen LogP contribution in [0.4, 0.5) is 5.82 Å². The van der Waals surface area contributed by atoms with E-state index < -0.39 is 9.84 Å². The molecule has 32 heavy (non-hydrogen) atoms. The molecule has 2 aromatic carbocycles. The Kier molecular flexibility index (Phi) is 5.71. The summed E-state index contributed by atoms with van der Waals surface area (Å²) in [6.45, 7) is 4.10. The number of thiophene rings is 1. The molecule has 7 heteroatoms. The molecule has 5 nitrogen and oxygen atoms in total. The molecule has 4 aromatic rings. The number of hydrogen-bond acceptors (Lipinski definition) is 6. The van der Waals surface area contributed by atoms with Gasteiger partial charge < -0.3 is 4.90 Å². The maximum absolute atomic E-state index is 12.1. The number of aromatic nitrogens is 1. The average Bonchev–Trinajstić information content (AvgIpc) is 3.33. The predicted molar refractivity (Wildman–Crippen MR) is 132 cm³/mol. The number of nitrogens with zero attached hydrogens (tertiary/aromatic N) is 3. The summed E-state index contributed by atoms with van der Waals surface area (Å²) in [6, 6.07) is 22.1. The van der Waals surface area contributed by atoms with Crippen LogP contribution in [0.25, 0.3) is 21.3 Å². The summed E-state index contributed by atoms with van der Waals surface area (Å²) in [7, 11) is -3.23. The van der Waals surface area contributed by atoms with Gasteiger partial charge in [0.1, 0.15) is 5.82 Å². The van der Waals surface area contributed by atoms with Gasteiger partial charge >= 0.3 is 0 Å². The molecule has 1 aliphatic heterocycles. The van der Waals surface area contributed by atoms with Crippen molar-refractivity contribution < 1.29 is 8.42 Å². The number of hydrogen-bond donors (Lipinski definition) is 0. The third kappa shape index (κ3) is 4.28. The highest BCUT2D eigenvalue weighted by Gasteiger charge is 2.21. The summed E-state index contributed by atoms with van der Waals surface area (Å²) in [5, 5.41) is 3.25. The van der Waals surface area contributed by atoms with Crippen molar-refractivity contribution >= 4 is 37.9 Å². The monoisotopic (exact) mass is 463 g/mol. The van der Waals surface area contributed by atoms with Crippen LogP contribution in [0.3, 0.4) is 0 Å². The lowest BCUT2D eigenvalue weighted by molar-refractivity contribution is 0.247. The van der Waals surface area contributed by atoms with Crippen molar-refractivity contribution in [3.8, 4) is 10.4 Å². The molecule has 164 valence electrons. The van der Waals surface area contributed by atoms with Crippen molar-refractivity contribution in [3.05, 3.63) is 77.7 Å². The van der Waals surface area contributed by atoms with Gasteiger partial charge in [0.15, 0.2) is 9.84 Å². The Balaban J connectivity index is 1.33. The van der Waals surface area contributed by atoms with Gasteiger partial charge in [0.2, 0.25) is 0 Å². The molecule has 0 aliphatic carbocycles. The van der Waals surface area contributed by atoms with Crippen LogP contribution in [0.15, 0.2) is 77.0 Å². The van der Waals surface area contributed by atoms with Gasteiger partial charge in [-0.1, -0.05) is 42.5 Å². The quantitative estimate of drug-likeness (QED) is 0.430. The molecular weight excluding hydrogens is 438 g/mol. The second kappa shape index (κ2) is 8.65. The van der Waals surface area contributed by atoms with Gasteiger partial charge in [-0.25, -0.2) is 13.4 Å². The van der Waals surface area contributed by atoms with Crippen LogP contribution >= 0.6 is 11.3 Å². The Morgan fingerprint density at radius 1 is 0.906 bits per heavy atom. The molecule has 1 aliphatic rings. The van der Waals surface area contributed by atoms with E-state index >= 15 is 0 Å². The lowest BCUT2D eigenvalue weighted by Crippen LogP contribution is -2.46. The smallest absolute Gasteiger partial charge is 0.175 e. The van der Waals surface area contributed by atoms with Gasteiger partial charge in [-0.3, -0.25) is 4.90 Å². The summed E-state index contributed by atoms with van der Waals surface area (Å²) in [6.07, 6.45) is 1.28. The van der Waals surface area contributed by atoms with Crippen LogP contribution in [-0.2, 0) is 16.4 Å². The van der Waals surface area contributed by atoms with E-state index in [9.17, 15) is 8.42 Å². The normalized spacial score (nSPS) is 15.3. The summed E-state index contributed by atoms with van der Waals surface area (Å²) < 4.78 is 24.2.